The molecule has 0 amide bonds. The van der Waals surface area contributed by atoms with Gasteiger partial charge in [0.25, 0.3) is 0 Å². The molecule has 16 heavy (non-hydrogen) atoms. The fourth-order valence-corrected chi connectivity index (χ4v) is 2.18. The van der Waals surface area contributed by atoms with E-state index in [0.717, 1.165) is 5.69 Å². The van der Waals surface area contributed by atoms with E-state index in [2.05, 4.69) is 34.6 Å². The lowest BCUT2D eigenvalue weighted by Crippen LogP contribution is -2.06. The van der Waals surface area contributed by atoms with Crippen LogP contribution in [-0.4, -0.2) is 9.38 Å². The number of imidazole rings is 1. The molecule has 2 heterocycles. The Kier molecular flexibility index (Phi) is 2.04. The number of rotatable bonds is 2. The summed E-state index contributed by atoms with van der Waals surface area (Å²) in [6.45, 7) is 4.09. The second-order valence-electron chi connectivity index (χ2n) is 4.84. The van der Waals surface area contributed by atoms with Gasteiger partial charge in [0.05, 0.1) is 11.2 Å². The fourth-order valence-electron chi connectivity index (χ4n) is 2.18. The summed E-state index contributed by atoms with van der Waals surface area (Å²) in [4.78, 5) is 4.67. The molecule has 2 aromatic rings. The Labute approximate surface area is 95.3 Å². The van der Waals surface area contributed by atoms with Crippen LogP contribution in [0.25, 0.3) is 5.52 Å². The molecule has 0 radical (unpaired) electrons. The molecule has 0 aromatic carbocycles. The van der Waals surface area contributed by atoms with Crippen LogP contribution >= 0.6 is 0 Å². The van der Waals surface area contributed by atoms with E-state index in [4.69, 9.17) is 5.73 Å². The maximum atomic E-state index is 5.92. The summed E-state index contributed by atoms with van der Waals surface area (Å²) in [7, 11) is 0. The van der Waals surface area contributed by atoms with E-state index < -0.39 is 0 Å². The zero-order chi connectivity index (χ0) is 11.3. The molecular weight excluding hydrogens is 198 g/mol. The van der Waals surface area contributed by atoms with Crippen molar-refractivity contribution in [3.63, 3.8) is 0 Å². The zero-order valence-corrected chi connectivity index (χ0v) is 9.77. The maximum absolute atomic E-state index is 5.92. The molecule has 1 aliphatic carbocycles. The average Bonchev–Trinajstić information content (AvgIpc) is 3.04. The Morgan fingerprint density at radius 3 is 2.81 bits per heavy atom. The number of nitrogens with zero attached hydrogens (tertiary/aromatic N) is 2. The molecule has 0 aliphatic heterocycles. The first-order chi connectivity index (χ1) is 7.66. The molecule has 0 bridgehead atoms. The number of nitrogens with two attached hydrogens (primary N) is 1. The molecule has 0 saturated heterocycles. The van der Waals surface area contributed by atoms with Gasteiger partial charge in [-0.05, 0) is 38.3 Å². The largest absolute Gasteiger partial charge is 0.324 e. The number of pyridine rings is 1. The van der Waals surface area contributed by atoms with Crippen molar-refractivity contribution >= 4 is 5.52 Å². The van der Waals surface area contributed by atoms with E-state index in [0.29, 0.717) is 5.92 Å². The Morgan fingerprint density at radius 2 is 2.19 bits per heavy atom. The molecule has 2 aromatic heterocycles. The van der Waals surface area contributed by atoms with Gasteiger partial charge in [-0.15, -0.1) is 0 Å². The van der Waals surface area contributed by atoms with Crippen LogP contribution in [0.4, 0.5) is 0 Å². The second kappa shape index (κ2) is 3.32. The monoisotopic (exact) mass is 215 g/mol. The number of hydrogen-bond acceptors (Lipinski definition) is 2. The molecule has 0 spiro atoms. The van der Waals surface area contributed by atoms with E-state index in [-0.39, 0.29) is 6.04 Å². The lowest BCUT2D eigenvalue weighted by atomic mass is 10.1. The van der Waals surface area contributed by atoms with Crippen LogP contribution in [0.15, 0.2) is 18.3 Å². The predicted molar refractivity (Wildman–Crippen MR) is 64.5 cm³/mol. The van der Waals surface area contributed by atoms with Gasteiger partial charge in [0.1, 0.15) is 5.82 Å². The van der Waals surface area contributed by atoms with Gasteiger partial charge in [0.15, 0.2) is 0 Å². The van der Waals surface area contributed by atoms with Crippen molar-refractivity contribution in [3.05, 3.63) is 35.4 Å². The molecular formula is C13H17N3. The molecule has 3 heteroatoms. The van der Waals surface area contributed by atoms with E-state index in [1.165, 1.54) is 29.7 Å². The van der Waals surface area contributed by atoms with Gasteiger partial charge < -0.3 is 10.1 Å². The standard InChI is InChI=1S/C13H17N3/c1-8(14)11-5-6-12-9(2)15-13(10-3-4-10)16(12)7-11/h5-8,10H,3-4,14H2,1-2H3. The van der Waals surface area contributed by atoms with E-state index >= 15 is 0 Å². The van der Waals surface area contributed by atoms with E-state index in [9.17, 15) is 0 Å². The third-order valence-electron chi connectivity index (χ3n) is 3.34. The normalized spacial score (nSPS) is 17.9. The molecule has 84 valence electrons. The summed E-state index contributed by atoms with van der Waals surface area (Å²) in [5.41, 5.74) is 9.43. The van der Waals surface area contributed by atoms with Crippen molar-refractivity contribution in [2.24, 2.45) is 5.73 Å². The van der Waals surface area contributed by atoms with Gasteiger partial charge in [-0.25, -0.2) is 4.98 Å². The highest BCUT2D eigenvalue weighted by molar-refractivity contribution is 5.54. The molecule has 3 rings (SSSR count). The van der Waals surface area contributed by atoms with Crippen LogP contribution in [0.1, 0.15) is 48.8 Å². The third kappa shape index (κ3) is 1.43. The molecule has 1 unspecified atom stereocenters. The number of aryl methyl sites for hydroxylation is 1. The second-order valence-corrected chi connectivity index (χ2v) is 4.84. The summed E-state index contributed by atoms with van der Waals surface area (Å²) in [6.07, 6.45) is 4.70. The summed E-state index contributed by atoms with van der Waals surface area (Å²) in [5, 5.41) is 0. The van der Waals surface area contributed by atoms with Crippen molar-refractivity contribution in [2.75, 3.05) is 0 Å². The minimum atomic E-state index is 0.0826. The molecule has 2 N–H and O–H groups in total. The van der Waals surface area contributed by atoms with Crippen LogP contribution in [0, 0.1) is 6.92 Å². The van der Waals surface area contributed by atoms with Crippen molar-refractivity contribution in [1.29, 1.82) is 0 Å². The molecule has 1 atom stereocenters. The first-order valence-electron chi connectivity index (χ1n) is 5.91. The van der Waals surface area contributed by atoms with Crippen molar-refractivity contribution < 1.29 is 0 Å². The number of aromatic nitrogens is 2. The first-order valence-corrected chi connectivity index (χ1v) is 5.91. The summed E-state index contributed by atoms with van der Waals surface area (Å²) < 4.78 is 2.23. The van der Waals surface area contributed by atoms with Gasteiger partial charge in [0, 0.05) is 18.2 Å². The van der Waals surface area contributed by atoms with Gasteiger partial charge in [-0.3, -0.25) is 0 Å². The van der Waals surface area contributed by atoms with Crippen LogP contribution in [0.2, 0.25) is 0 Å². The summed E-state index contributed by atoms with van der Waals surface area (Å²) in [5.74, 6) is 1.89. The Hall–Kier alpha value is -1.35. The lowest BCUT2D eigenvalue weighted by Gasteiger charge is -2.07. The fraction of sp³-hybridized carbons (Fsp3) is 0.462. The minimum absolute atomic E-state index is 0.0826. The van der Waals surface area contributed by atoms with Crippen LogP contribution in [-0.2, 0) is 0 Å². The van der Waals surface area contributed by atoms with Gasteiger partial charge in [0.2, 0.25) is 0 Å². The van der Waals surface area contributed by atoms with Crippen LogP contribution < -0.4 is 5.73 Å². The quantitative estimate of drug-likeness (QED) is 0.836. The maximum Gasteiger partial charge on any atom is 0.116 e. The summed E-state index contributed by atoms with van der Waals surface area (Å²) >= 11 is 0. The molecule has 1 saturated carbocycles. The van der Waals surface area contributed by atoms with Crippen LogP contribution in [0.5, 0.6) is 0 Å². The van der Waals surface area contributed by atoms with Crippen molar-refractivity contribution in [3.8, 4) is 0 Å². The Morgan fingerprint density at radius 1 is 1.44 bits per heavy atom. The van der Waals surface area contributed by atoms with Gasteiger partial charge in [-0.2, -0.15) is 0 Å². The van der Waals surface area contributed by atoms with Crippen LogP contribution in [0.3, 0.4) is 0 Å². The highest BCUT2D eigenvalue weighted by Gasteiger charge is 2.28. The van der Waals surface area contributed by atoms with Gasteiger partial charge in [-0.1, -0.05) is 6.07 Å². The number of fused-ring (bicyclic) bond motifs is 1. The van der Waals surface area contributed by atoms with Crippen molar-refractivity contribution in [1.82, 2.24) is 9.38 Å². The molecule has 3 nitrogen and oxygen atoms in total. The summed E-state index contributed by atoms with van der Waals surface area (Å²) in [6, 6.07) is 4.32. The zero-order valence-electron chi connectivity index (χ0n) is 9.77. The van der Waals surface area contributed by atoms with Crippen molar-refractivity contribution in [2.45, 2.75) is 38.6 Å². The Bertz CT molecular complexity index is 535. The van der Waals surface area contributed by atoms with E-state index in [1.54, 1.807) is 0 Å². The highest BCUT2D eigenvalue weighted by atomic mass is 15.0. The third-order valence-corrected chi connectivity index (χ3v) is 3.34. The average molecular weight is 215 g/mol. The first kappa shape index (κ1) is 9.85. The molecule has 1 fully saturated rings. The number of hydrogen-bond donors (Lipinski definition) is 1. The smallest absolute Gasteiger partial charge is 0.116 e. The van der Waals surface area contributed by atoms with Gasteiger partial charge >= 0.3 is 0 Å². The molecule has 1 aliphatic rings. The Balaban J connectivity index is 2.22. The topological polar surface area (TPSA) is 43.3 Å². The SMILES string of the molecule is Cc1nc(C2CC2)n2cc(C(C)N)ccc12. The lowest BCUT2D eigenvalue weighted by molar-refractivity contribution is 0.801. The minimum Gasteiger partial charge on any atom is -0.324 e. The highest BCUT2D eigenvalue weighted by Crippen LogP contribution is 2.40. The predicted octanol–water partition coefficient (Wildman–Crippen LogP) is 2.54. The van der Waals surface area contributed by atoms with E-state index in [1.807, 2.05) is 6.92 Å².